The minimum Gasteiger partial charge on any atom is -0.497 e. The first-order chi connectivity index (χ1) is 11.1. The van der Waals surface area contributed by atoms with Gasteiger partial charge in [0.15, 0.2) is 0 Å². The molecule has 1 heterocycles. The van der Waals surface area contributed by atoms with Gasteiger partial charge in [-0.25, -0.2) is 0 Å². The number of carbonyl (C=O) groups excluding carboxylic acids is 1. The summed E-state index contributed by atoms with van der Waals surface area (Å²) in [4.78, 5) is 17.1. The van der Waals surface area contributed by atoms with E-state index >= 15 is 0 Å². The van der Waals surface area contributed by atoms with Crippen LogP contribution in [0.3, 0.4) is 0 Å². The van der Waals surface area contributed by atoms with E-state index in [0.29, 0.717) is 11.3 Å². The van der Waals surface area contributed by atoms with E-state index in [2.05, 4.69) is 10.3 Å². The SMILES string of the molecule is COc1ccc2nc(C)c(C(=O)Nc3ccccc3C)cc2c1. The first-order valence-corrected chi connectivity index (χ1v) is 7.41. The maximum absolute atomic E-state index is 12.6. The number of nitrogens with one attached hydrogen (secondary N) is 1. The van der Waals surface area contributed by atoms with Crippen LogP contribution >= 0.6 is 0 Å². The molecule has 3 rings (SSSR count). The molecule has 4 nitrogen and oxygen atoms in total. The highest BCUT2D eigenvalue weighted by Gasteiger charge is 2.13. The van der Waals surface area contributed by atoms with Crippen molar-refractivity contribution in [3.63, 3.8) is 0 Å². The number of benzene rings is 2. The molecule has 116 valence electrons. The lowest BCUT2D eigenvalue weighted by atomic mass is 10.1. The van der Waals surface area contributed by atoms with Gasteiger partial charge < -0.3 is 10.1 Å². The highest BCUT2D eigenvalue weighted by molar-refractivity contribution is 6.07. The van der Waals surface area contributed by atoms with Crippen molar-refractivity contribution >= 4 is 22.5 Å². The number of rotatable bonds is 3. The van der Waals surface area contributed by atoms with Crippen LogP contribution in [0.5, 0.6) is 5.75 Å². The van der Waals surface area contributed by atoms with Crippen molar-refractivity contribution in [2.75, 3.05) is 12.4 Å². The fraction of sp³-hybridized carbons (Fsp3) is 0.158. The lowest BCUT2D eigenvalue weighted by Crippen LogP contribution is -2.15. The minimum absolute atomic E-state index is 0.158. The van der Waals surface area contributed by atoms with Gasteiger partial charge in [0.25, 0.3) is 5.91 Å². The predicted molar refractivity (Wildman–Crippen MR) is 92.2 cm³/mol. The number of aromatic nitrogens is 1. The molecule has 0 atom stereocenters. The van der Waals surface area contributed by atoms with E-state index in [1.165, 1.54) is 0 Å². The largest absolute Gasteiger partial charge is 0.497 e. The summed E-state index contributed by atoms with van der Waals surface area (Å²) in [6.45, 7) is 3.81. The van der Waals surface area contributed by atoms with Crippen molar-refractivity contribution in [2.45, 2.75) is 13.8 Å². The molecule has 0 unspecified atom stereocenters. The van der Waals surface area contributed by atoms with Crippen LogP contribution in [0, 0.1) is 13.8 Å². The fourth-order valence-electron chi connectivity index (χ4n) is 2.51. The zero-order valence-electron chi connectivity index (χ0n) is 13.4. The Kier molecular flexibility index (Phi) is 3.98. The average Bonchev–Trinajstić information content (AvgIpc) is 2.55. The molecule has 1 amide bonds. The number of carbonyl (C=O) groups is 1. The van der Waals surface area contributed by atoms with E-state index in [0.717, 1.165) is 27.9 Å². The topological polar surface area (TPSA) is 51.2 Å². The maximum Gasteiger partial charge on any atom is 0.257 e. The summed E-state index contributed by atoms with van der Waals surface area (Å²) in [6, 6.07) is 15.2. The number of nitrogens with zero attached hydrogens (tertiary/aromatic N) is 1. The molecule has 4 heteroatoms. The summed E-state index contributed by atoms with van der Waals surface area (Å²) in [5, 5.41) is 3.83. The van der Waals surface area contributed by atoms with E-state index in [4.69, 9.17) is 4.74 Å². The Hall–Kier alpha value is -2.88. The van der Waals surface area contributed by atoms with Crippen LogP contribution < -0.4 is 10.1 Å². The summed E-state index contributed by atoms with van der Waals surface area (Å²) in [7, 11) is 1.62. The third kappa shape index (κ3) is 3.01. The van der Waals surface area contributed by atoms with Gasteiger partial charge in [0.1, 0.15) is 5.75 Å². The number of methoxy groups -OCH3 is 1. The van der Waals surface area contributed by atoms with Crippen LogP contribution in [0.2, 0.25) is 0 Å². The predicted octanol–water partition coefficient (Wildman–Crippen LogP) is 4.11. The van der Waals surface area contributed by atoms with Gasteiger partial charge in [-0.15, -0.1) is 0 Å². The van der Waals surface area contributed by atoms with Gasteiger partial charge in [0.2, 0.25) is 0 Å². The molecule has 3 aromatic rings. The van der Waals surface area contributed by atoms with E-state index in [-0.39, 0.29) is 5.91 Å². The van der Waals surface area contributed by atoms with Crippen molar-refractivity contribution in [1.82, 2.24) is 4.98 Å². The number of hydrogen-bond acceptors (Lipinski definition) is 3. The zero-order chi connectivity index (χ0) is 16.4. The van der Waals surface area contributed by atoms with Crippen LogP contribution in [-0.2, 0) is 0 Å². The van der Waals surface area contributed by atoms with E-state index < -0.39 is 0 Å². The van der Waals surface area contributed by atoms with Crippen molar-refractivity contribution < 1.29 is 9.53 Å². The Morgan fingerprint density at radius 1 is 1.09 bits per heavy atom. The van der Waals surface area contributed by atoms with Gasteiger partial charge in [-0.2, -0.15) is 0 Å². The fourth-order valence-corrected chi connectivity index (χ4v) is 2.51. The second kappa shape index (κ2) is 6.08. The molecule has 0 saturated carbocycles. The van der Waals surface area contributed by atoms with Gasteiger partial charge in [0.05, 0.1) is 23.9 Å². The molecule has 0 spiro atoms. The van der Waals surface area contributed by atoms with Crippen LogP contribution in [-0.4, -0.2) is 18.0 Å². The number of amides is 1. The van der Waals surface area contributed by atoms with Gasteiger partial charge in [-0.3, -0.25) is 9.78 Å². The molecule has 0 bridgehead atoms. The third-order valence-corrected chi connectivity index (χ3v) is 3.85. The van der Waals surface area contributed by atoms with Crippen molar-refractivity contribution in [1.29, 1.82) is 0 Å². The number of fused-ring (bicyclic) bond motifs is 1. The highest BCUT2D eigenvalue weighted by atomic mass is 16.5. The summed E-state index contributed by atoms with van der Waals surface area (Å²) in [5.74, 6) is 0.586. The molecule has 1 N–H and O–H groups in total. The Morgan fingerprint density at radius 3 is 2.61 bits per heavy atom. The first kappa shape index (κ1) is 15.0. The summed E-state index contributed by atoms with van der Waals surface area (Å²) < 4.78 is 5.24. The number of hydrogen-bond donors (Lipinski definition) is 1. The molecule has 0 saturated heterocycles. The van der Waals surface area contributed by atoms with E-state index in [1.54, 1.807) is 7.11 Å². The Balaban J connectivity index is 1.99. The molecule has 0 aliphatic rings. The van der Waals surface area contributed by atoms with Crippen molar-refractivity contribution in [2.24, 2.45) is 0 Å². The van der Waals surface area contributed by atoms with Crippen LogP contribution in [0.15, 0.2) is 48.5 Å². The second-order valence-electron chi connectivity index (χ2n) is 5.45. The Labute approximate surface area is 135 Å². The van der Waals surface area contributed by atoms with E-state index in [1.807, 2.05) is 62.4 Å². The lowest BCUT2D eigenvalue weighted by Gasteiger charge is -2.11. The summed E-state index contributed by atoms with van der Waals surface area (Å²) in [5.41, 5.74) is 3.94. The van der Waals surface area contributed by atoms with Crippen LogP contribution in [0.25, 0.3) is 10.9 Å². The van der Waals surface area contributed by atoms with Crippen LogP contribution in [0.4, 0.5) is 5.69 Å². The summed E-state index contributed by atoms with van der Waals surface area (Å²) in [6.07, 6.45) is 0. The quantitative estimate of drug-likeness (QED) is 0.792. The molecule has 0 aliphatic heterocycles. The van der Waals surface area contributed by atoms with Gasteiger partial charge in [-0.05, 0) is 49.7 Å². The molecule has 1 aromatic heterocycles. The Bertz CT molecular complexity index is 888. The van der Waals surface area contributed by atoms with Gasteiger partial charge in [0, 0.05) is 11.1 Å². The standard InChI is InChI=1S/C19H18N2O2/c1-12-6-4-5-7-17(12)21-19(22)16-11-14-10-15(23-3)8-9-18(14)20-13(16)2/h4-11H,1-3H3,(H,21,22). The Morgan fingerprint density at radius 2 is 1.87 bits per heavy atom. The molecule has 0 aliphatic carbocycles. The number of pyridine rings is 1. The average molecular weight is 306 g/mol. The lowest BCUT2D eigenvalue weighted by molar-refractivity contribution is 0.102. The molecular weight excluding hydrogens is 288 g/mol. The number of aryl methyl sites for hydroxylation is 2. The summed E-state index contributed by atoms with van der Waals surface area (Å²) >= 11 is 0. The number of para-hydroxylation sites is 1. The zero-order valence-corrected chi connectivity index (χ0v) is 13.4. The van der Waals surface area contributed by atoms with Gasteiger partial charge >= 0.3 is 0 Å². The minimum atomic E-state index is -0.158. The van der Waals surface area contributed by atoms with Gasteiger partial charge in [-0.1, -0.05) is 18.2 Å². The van der Waals surface area contributed by atoms with Crippen molar-refractivity contribution in [3.05, 3.63) is 65.4 Å². The molecular formula is C19H18N2O2. The van der Waals surface area contributed by atoms with E-state index in [9.17, 15) is 4.79 Å². The highest BCUT2D eigenvalue weighted by Crippen LogP contribution is 2.23. The smallest absolute Gasteiger partial charge is 0.257 e. The van der Waals surface area contributed by atoms with Crippen molar-refractivity contribution in [3.8, 4) is 5.75 Å². The van der Waals surface area contributed by atoms with Crippen LogP contribution in [0.1, 0.15) is 21.6 Å². The first-order valence-electron chi connectivity index (χ1n) is 7.41. The second-order valence-corrected chi connectivity index (χ2v) is 5.45. The normalized spacial score (nSPS) is 10.6. The monoisotopic (exact) mass is 306 g/mol. The molecule has 0 fully saturated rings. The third-order valence-electron chi connectivity index (χ3n) is 3.85. The maximum atomic E-state index is 12.6. The molecule has 2 aromatic carbocycles. The molecule has 23 heavy (non-hydrogen) atoms. The number of ether oxygens (including phenoxy) is 1. The molecule has 0 radical (unpaired) electrons. The number of anilines is 1.